The van der Waals surface area contributed by atoms with Crippen molar-refractivity contribution >= 4 is 12.0 Å². The number of hydrogen-bond donors (Lipinski definition) is 2. The summed E-state index contributed by atoms with van der Waals surface area (Å²) < 4.78 is 79.8. The second-order valence-electron chi connectivity index (χ2n) is 5.28. The number of rotatable bonds is 5. The van der Waals surface area contributed by atoms with Crippen molar-refractivity contribution in [2.75, 3.05) is 26.7 Å². The van der Waals surface area contributed by atoms with Gasteiger partial charge in [0, 0.05) is 26.7 Å². The van der Waals surface area contributed by atoms with Gasteiger partial charge in [-0.15, -0.1) is 0 Å². The first kappa shape index (κ1) is 20.3. The van der Waals surface area contributed by atoms with E-state index in [1.165, 1.54) is 0 Å². The molecule has 0 radical (unpaired) electrons. The molecule has 0 aromatic rings. The number of nitrogens with zero attached hydrogens (tertiary/aromatic N) is 1. The zero-order valence-electron chi connectivity index (χ0n) is 12.4. The van der Waals surface area contributed by atoms with Crippen LogP contribution in [0, 0.1) is 11.8 Å². The Bertz CT molecular complexity index is 467. The third-order valence-electron chi connectivity index (χ3n) is 3.68. The highest BCUT2D eigenvalue weighted by Crippen LogP contribution is 2.37. The molecule has 2 N–H and O–H groups in total. The number of urea groups is 1. The third-order valence-corrected chi connectivity index (χ3v) is 3.68. The van der Waals surface area contributed by atoms with Crippen LogP contribution in [0.2, 0.25) is 0 Å². The van der Waals surface area contributed by atoms with E-state index < -0.39 is 68.3 Å². The van der Waals surface area contributed by atoms with Gasteiger partial charge < -0.3 is 20.1 Å². The molecule has 0 aliphatic carbocycles. The topological polar surface area (TPSA) is 78.9 Å². The quantitative estimate of drug-likeness (QED) is 0.728. The SMILES string of the molecule is COC(CCNC(=O)N1C[C@@H](C(F)(F)F)[C@H](C(=O)O)C1)C(F)(F)F. The van der Waals surface area contributed by atoms with Gasteiger partial charge >= 0.3 is 24.4 Å². The number of alkyl halides is 6. The number of hydrogen-bond acceptors (Lipinski definition) is 3. The summed E-state index contributed by atoms with van der Waals surface area (Å²) in [5, 5.41) is 10.9. The molecule has 1 heterocycles. The Morgan fingerprint density at radius 2 is 1.83 bits per heavy atom. The number of methoxy groups -OCH3 is 1. The smallest absolute Gasteiger partial charge is 0.414 e. The summed E-state index contributed by atoms with van der Waals surface area (Å²) in [5.74, 6) is -5.72. The number of aliphatic carboxylic acids is 1. The lowest BCUT2D eigenvalue weighted by molar-refractivity contribution is -0.213. The van der Waals surface area contributed by atoms with Crippen molar-refractivity contribution < 1.29 is 45.8 Å². The number of carbonyl (C=O) groups excluding carboxylic acids is 1. The number of carboxylic acids is 1. The standard InChI is InChI=1S/C12H16F6N2O4/c1-24-8(12(16,17)18)2-3-19-10(23)20-4-6(9(21)22)7(5-20)11(13,14)15/h6-8H,2-5H2,1H3,(H,19,23)(H,21,22)/t6-,7-,8?/m1/s1. The molecule has 1 aliphatic rings. The lowest BCUT2D eigenvalue weighted by Gasteiger charge is -2.21. The van der Waals surface area contributed by atoms with Crippen molar-refractivity contribution in [2.45, 2.75) is 24.9 Å². The number of carboxylic acid groups (broad SMARTS) is 1. The molecule has 0 aromatic heterocycles. The largest absolute Gasteiger partial charge is 0.481 e. The summed E-state index contributed by atoms with van der Waals surface area (Å²) in [6.07, 6.45) is -12.2. The highest BCUT2D eigenvalue weighted by Gasteiger charge is 2.53. The molecule has 1 unspecified atom stereocenters. The van der Waals surface area contributed by atoms with Gasteiger partial charge in [-0.3, -0.25) is 4.79 Å². The molecule has 3 atom stereocenters. The van der Waals surface area contributed by atoms with E-state index in [4.69, 9.17) is 5.11 Å². The van der Waals surface area contributed by atoms with Crippen LogP contribution in [-0.4, -0.2) is 67.2 Å². The van der Waals surface area contributed by atoms with Gasteiger partial charge in [0.15, 0.2) is 6.10 Å². The fourth-order valence-electron chi connectivity index (χ4n) is 2.39. The Balaban J connectivity index is 2.59. The zero-order valence-corrected chi connectivity index (χ0v) is 12.4. The fourth-order valence-corrected chi connectivity index (χ4v) is 2.39. The summed E-state index contributed by atoms with van der Waals surface area (Å²) in [6, 6.07) is -1.05. The molecule has 1 rings (SSSR count). The molecule has 2 amide bonds. The van der Waals surface area contributed by atoms with Crippen molar-refractivity contribution in [2.24, 2.45) is 11.8 Å². The molecule has 24 heavy (non-hydrogen) atoms. The molecule has 0 spiro atoms. The van der Waals surface area contributed by atoms with Gasteiger partial charge in [0.05, 0.1) is 11.8 Å². The van der Waals surface area contributed by atoms with Crippen LogP contribution in [0.4, 0.5) is 31.1 Å². The molecule has 0 bridgehead atoms. The summed E-state index contributed by atoms with van der Waals surface area (Å²) in [5.41, 5.74) is 0. The summed E-state index contributed by atoms with van der Waals surface area (Å²) in [6.45, 7) is -2.01. The summed E-state index contributed by atoms with van der Waals surface area (Å²) in [7, 11) is 0.839. The zero-order chi connectivity index (χ0) is 18.7. The minimum absolute atomic E-state index is 0.484. The number of halogens is 6. The summed E-state index contributed by atoms with van der Waals surface area (Å²) >= 11 is 0. The number of carbonyl (C=O) groups is 2. The van der Waals surface area contributed by atoms with E-state index in [0.717, 1.165) is 7.11 Å². The summed E-state index contributed by atoms with van der Waals surface area (Å²) in [4.78, 5) is 23.2. The predicted octanol–water partition coefficient (Wildman–Crippen LogP) is 1.86. The molecule has 6 nitrogen and oxygen atoms in total. The Hall–Kier alpha value is -1.72. The van der Waals surface area contributed by atoms with Gasteiger partial charge in [-0.1, -0.05) is 0 Å². The second kappa shape index (κ2) is 7.45. The minimum atomic E-state index is -4.80. The Morgan fingerprint density at radius 3 is 2.21 bits per heavy atom. The first-order valence-electron chi connectivity index (χ1n) is 6.79. The van der Waals surface area contributed by atoms with Gasteiger partial charge in [-0.2, -0.15) is 26.3 Å². The number of amides is 2. The normalized spacial score (nSPS) is 23.2. The monoisotopic (exact) mass is 366 g/mol. The van der Waals surface area contributed by atoms with Gasteiger partial charge in [-0.25, -0.2) is 4.79 Å². The van der Waals surface area contributed by atoms with Crippen LogP contribution in [0.1, 0.15) is 6.42 Å². The molecule has 1 saturated heterocycles. The van der Waals surface area contributed by atoms with Crippen LogP contribution in [-0.2, 0) is 9.53 Å². The van der Waals surface area contributed by atoms with Gasteiger partial charge in [0.2, 0.25) is 0 Å². The van der Waals surface area contributed by atoms with E-state index in [1.54, 1.807) is 0 Å². The average Bonchev–Trinajstić information content (AvgIpc) is 2.87. The van der Waals surface area contributed by atoms with Crippen molar-refractivity contribution in [3.63, 3.8) is 0 Å². The lowest BCUT2D eigenvalue weighted by atomic mass is 9.96. The number of nitrogens with one attached hydrogen (secondary N) is 1. The van der Waals surface area contributed by atoms with Gasteiger partial charge in [0.25, 0.3) is 0 Å². The minimum Gasteiger partial charge on any atom is -0.481 e. The predicted molar refractivity (Wildman–Crippen MR) is 67.1 cm³/mol. The van der Waals surface area contributed by atoms with Crippen LogP contribution in [0.5, 0.6) is 0 Å². The second-order valence-corrected chi connectivity index (χ2v) is 5.28. The van der Waals surface area contributed by atoms with Crippen molar-refractivity contribution in [1.82, 2.24) is 10.2 Å². The first-order chi connectivity index (χ1) is 10.9. The Labute approximate surface area is 132 Å². The van der Waals surface area contributed by atoms with Crippen LogP contribution in [0.3, 0.4) is 0 Å². The molecule has 1 fully saturated rings. The van der Waals surface area contributed by atoms with Crippen LogP contribution in [0.25, 0.3) is 0 Å². The number of likely N-dealkylation sites (tertiary alicyclic amines) is 1. The molecule has 12 heteroatoms. The third kappa shape index (κ3) is 5.14. The van der Waals surface area contributed by atoms with Gasteiger partial charge in [-0.05, 0) is 6.42 Å². The van der Waals surface area contributed by atoms with Crippen LogP contribution >= 0.6 is 0 Å². The fraction of sp³-hybridized carbons (Fsp3) is 0.833. The molecular weight excluding hydrogens is 350 g/mol. The molecular formula is C12H16F6N2O4. The molecule has 140 valence electrons. The maximum atomic E-state index is 12.8. The van der Waals surface area contributed by atoms with E-state index in [-0.39, 0.29) is 0 Å². The lowest BCUT2D eigenvalue weighted by Crippen LogP contribution is -2.42. The van der Waals surface area contributed by atoms with E-state index in [9.17, 15) is 35.9 Å². The Morgan fingerprint density at radius 1 is 1.25 bits per heavy atom. The molecule has 0 aromatic carbocycles. The van der Waals surface area contributed by atoms with Crippen molar-refractivity contribution in [3.05, 3.63) is 0 Å². The Kier molecular flexibility index (Phi) is 6.31. The molecule has 0 saturated carbocycles. The van der Waals surface area contributed by atoms with E-state index >= 15 is 0 Å². The van der Waals surface area contributed by atoms with E-state index in [1.807, 2.05) is 5.32 Å². The maximum Gasteiger partial charge on any atom is 0.414 e. The van der Waals surface area contributed by atoms with E-state index in [0.29, 0.717) is 4.90 Å². The molecule has 1 aliphatic heterocycles. The van der Waals surface area contributed by atoms with Crippen LogP contribution in [0.15, 0.2) is 0 Å². The highest BCUT2D eigenvalue weighted by atomic mass is 19.4. The number of ether oxygens (including phenoxy) is 1. The van der Waals surface area contributed by atoms with Gasteiger partial charge in [0.1, 0.15) is 0 Å². The first-order valence-corrected chi connectivity index (χ1v) is 6.79. The average molecular weight is 366 g/mol. The highest BCUT2D eigenvalue weighted by molar-refractivity contribution is 5.77. The van der Waals surface area contributed by atoms with E-state index in [2.05, 4.69) is 4.74 Å². The maximum absolute atomic E-state index is 12.8. The van der Waals surface area contributed by atoms with Crippen molar-refractivity contribution in [3.8, 4) is 0 Å². The van der Waals surface area contributed by atoms with Crippen LogP contribution < -0.4 is 5.32 Å². The van der Waals surface area contributed by atoms with Crippen molar-refractivity contribution in [1.29, 1.82) is 0 Å².